The highest BCUT2D eigenvalue weighted by Crippen LogP contribution is 2.52. The second-order valence-corrected chi connectivity index (χ2v) is 6.59. The molecule has 1 atom stereocenters. The van der Waals surface area contributed by atoms with Gasteiger partial charge in [-0.15, -0.1) is 0 Å². The lowest BCUT2D eigenvalue weighted by atomic mass is 9.77. The summed E-state index contributed by atoms with van der Waals surface area (Å²) in [7, 11) is 0. The third-order valence-electron chi connectivity index (χ3n) is 5.09. The molecule has 0 aromatic heterocycles. The van der Waals surface area contributed by atoms with Crippen molar-refractivity contribution in [3.8, 4) is 0 Å². The van der Waals surface area contributed by atoms with E-state index in [9.17, 15) is 0 Å². The van der Waals surface area contributed by atoms with Gasteiger partial charge < -0.3 is 0 Å². The highest BCUT2D eigenvalue weighted by Gasteiger charge is 2.51. The van der Waals surface area contributed by atoms with Crippen LogP contribution in [0.1, 0.15) is 23.1 Å². The van der Waals surface area contributed by atoms with Gasteiger partial charge in [0.1, 0.15) is 5.54 Å². The zero-order chi connectivity index (χ0) is 16.7. The van der Waals surface area contributed by atoms with Gasteiger partial charge in [0.15, 0.2) is 0 Å². The van der Waals surface area contributed by atoms with E-state index in [0.29, 0.717) is 0 Å². The molecule has 5 rings (SSSR count). The molecule has 0 fully saturated rings. The monoisotopic (exact) mass is 322 g/mol. The molecule has 25 heavy (non-hydrogen) atoms. The van der Waals surface area contributed by atoms with Crippen molar-refractivity contribution in [3.05, 3.63) is 114 Å². The first kappa shape index (κ1) is 14.2. The summed E-state index contributed by atoms with van der Waals surface area (Å²) >= 11 is 0. The Morgan fingerprint density at radius 1 is 0.680 bits per heavy atom. The average Bonchev–Trinajstić information content (AvgIpc) is 2.98. The molecule has 0 spiro atoms. The highest BCUT2D eigenvalue weighted by molar-refractivity contribution is 6.04. The molecule has 2 aliphatic heterocycles. The van der Waals surface area contributed by atoms with Gasteiger partial charge in [-0.25, -0.2) is 5.01 Å². The van der Waals surface area contributed by atoms with Gasteiger partial charge in [-0.3, -0.25) is 0 Å². The number of hydrazone groups is 1. The van der Waals surface area contributed by atoms with Crippen molar-refractivity contribution in [3.63, 3.8) is 0 Å². The average molecular weight is 322 g/mol. The van der Waals surface area contributed by atoms with Crippen LogP contribution in [-0.4, -0.2) is 10.7 Å². The Labute approximate surface area is 147 Å². The molecule has 2 aliphatic rings. The molecular weight excluding hydrogens is 304 g/mol. The number of nitrogens with zero attached hydrogens (tertiary/aromatic N) is 2. The Kier molecular flexibility index (Phi) is 3.10. The molecule has 2 heterocycles. The molecule has 0 aliphatic carbocycles. The van der Waals surface area contributed by atoms with E-state index in [2.05, 4.69) is 102 Å². The number of fused-ring (bicyclic) bond motifs is 1. The minimum absolute atomic E-state index is 0.155. The van der Waals surface area contributed by atoms with Crippen molar-refractivity contribution in [1.82, 2.24) is 5.01 Å². The Morgan fingerprint density at radius 2 is 1.24 bits per heavy atom. The van der Waals surface area contributed by atoms with Crippen LogP contribution in [0.15, 0.2) is 102 Å². The Balaban J connectivity index is 1.61. The zero-order valence-electron chi connectivity index (χ0n) is 13.8. The van der Waals surface area contributed by atoms with Gasteiger partial charge in [-0.1, -0.05) is 91.0 Å². The Bertz CT molecular complexity index is 959. The van der Waals surface area contributed by atoms with E-state index in [1.165, 1.54) is 22.4 Å². The third-order valence-corrected chi connectivity index (χ3v) is 5.09. The maximum absolute atomic E-state index is 5.01. The van der Waals surface area contributed by atoms with Crippen LogP contribution in [0.5, 0.6) is 0 Å². The quantitative estimate of drug-likeness (QED) is 0.659. The maximum Gasteiger partial charge on any atom is 0.114 e. The van der Waals surface area contributed by atoms with E-state index in [4.69, 9.17) is 5.10 Å². The van der Waals surface area contributed by atoms with Crippen molar-refractivity contribution in [2.45, 2.75) is 12.0 Å². The van der Waals surface area contributed by atoms with Crippen LogP contribution < -0.4 is 0 Å². The van der Waals surface area contributed by atoms with E-state index in [-0.39, 0.29) is 5.54 Å². The van der Waals surface area contributed by atoms with Crippen LogP contribution in [0, 0.1) is 0 Å². The molecular formula is C23H18N2. The van der Waals surface area contributed by atoms with Crippen LogP contribution in [0.3, 0.4) is 0 Å². The number of hydrogen-bond acceptors (Lipinski definition) is 2. The van der Waals surface area contributed by atoms with Gasteiger partial charge in [0, 0.05) is 6.42 Å². The minimum Gasteiger partial charge on any atom is -0.250 e. The minimum atomic E-state index is -0.155. The topological polar surface area (TPSA) is 15.6 Å². The Morgan fingerprint density at radius 3 is 1.88 bits per heavy atom. The maximum atomic E-state index is 5.01. The lowest BCUT2D eigenvalue weighted by Gasteiger charge is -2.45. The Hall–Kier alpha value is -3.13. The number of rotatable bonds is 3. The summed E-state index contributed by atoms with van der Waals surface area (Å²) in [5.74, 6) is 0. The molecule has 3 aromatic carbocycles. The van der Waals surface area contributed by atoms with E-state index in [0.717, 1.165) is 12.1 Å². The van der Waals surface area contributed by atoms with Gasteiger partial charge >= 0.3 is 0 Å². The fourth-order valence-electron chi connectivity index (χ4n) is 3.82. The van der Waals surface area contributed by atoms with Crippen LogP contribution in [0.4, 0.5) is 0 Å². The van der Waals surface area contributed by atoms with Crippen molar-refractivity contribution in [2.24, 2.45) is 5.10 Å². The fourth-order valence-corrected chi connectivity index (χ4v) is 3.82. The predicted molar refractivity (Wildman–Crippen MR) is 102 cm³/mol. The van der Waals surface area contributed by atoms with Crippen molar-refractivity contribution in [2.75, 3.05) is 0 Å². The molecule has 0 N–H and O–H groups in total. The first-order valence-corrected chi connectivity index (χ1v) is 8.64. The summed E-state index contributed by atoms with van der Waals surface area (Å²) in [4.78, 5) is 0. The van der Waals surface area contributed by atoms with Crippen LogP contribution in [0.25, 0.3) is 5.70 Å². The zero-order valence-corrected chi connectivity index (χ0v) is 13.8. The number of benzene rings is 3. The summed E-state index contributed by atoms with van der Waals surface area (Å²) in [5, 5.41) is 7.22. The summed E-state index contributed by atoms with van der Waals surface area (Å²) in [6.45, 7) is 0. The second kappa shape index (κ2) is 5.45. The van der Waals surface area contributed by atoms with E-state index < -0.39 is 0 Å². The molecule has 0 bridgehead atoms. The molecule has 3 aromatic rings. The lowest BCUT2D eigenvalue weighted by Crippen LogP contribution is -2.45. The highest BCUT2D eigenvalue weighted by atomic mass is 15.5. The van der Waals surface area contributed by atoms with Crippen molar-refractivity contribution < 1.29 is 0 Å². The predicted octanol–water partition coefficient (Wildman–Crippen LogP) is 5.05. The fraction of sp³-hybridized carbons (Fsp3) is 0.0870. The smallest absolute Gasteiger partial charge is 0.114 e. The van der Waals surface area contributed by atoms with Gasteiger partial charge in [-0.05, 0) is 22.8 Å². The number of hydrogen-bond donors (Lipinski definition) is 0. The standard InChI is InChI=1S/C23H18N2/c1-4-10-18(11-5-1)21-16-23(20-14-8-3-9-15-20)17-22(25(23)24-21)19-12-6-2-7-13-19/h1-15,17H,16H2. The molecule has 0 saturated heterocycles. The van der Waals surface area contributed by atoms with Gasteiger partial charge in [-0.2, -0.15) is 5.10 Å². The molecule has 0 saturated carbocycles. The SMILES string of the molecule is C1=C(c2ccccc2)N2N=C(c3ccccc3)CC12c1ccccc1. The second-order valence-electron chi connectivity index (χ2n) is 6.59. The molecule has 1 unspecified atom stereocenters. The van der Waals surface area contributed by atoms with Gasteiger partial charge in [0.05, 0.1) is 11.4 Å². The molecule has 2 nitrogen and oxygen atoms in total. The van der Waals surface area contributed by atoms with Crippen molar-refractivity contribution in [1.29, 1.82) is 0 Å². The van der Waals surface area contributed by atoms with E-state index >= 15 is 0 Å². The molecule has 0 radical (unpaired) electrons. The summed E-state index contributed by atoms with van der Waals surface area (Å²) in [5.41, 5.74) is 5.89. The van der Waals surface area contributed by atoms with Crippen LogP contribution in [-0.2, 0) is 5.54 Å². The molecule has 120 valence electrons. The van der Waals surface area contributed by atoms with Crippen LogP contribution >= 0.6 is 0 Å². The van der Waals surface area contributed by atoms with Gasteiger partial charge in [0.2, 0.25) is 0 Å². The van der Waals surface area contributed by atoms with Gasteiger partial charge in [0.25, 0.3) is 0 Å². The summed E-state index contributed by atoms with van der Waals surface area (Å²) in [6, 6.07) is 31.7. The normalized spacial score (nSPS) is 21.2. The first-order chi connectivity index (χ1) is 12.4. The summed E-state index contributed by atoms with van der Waals surface area (Å²) in [6.07, 6.45) is 3.27. The van der Waals surface area contributed by atoms with E-state index in [1.807, 2.05) is 0 Å². The lowest BCUT2D eigenvalue weighted by molar-refractivity contribution is 0.215. The van der Waals surface area contributed by atoms with Crippen molar-refractivity contribution >= 4 is 11.4 Å². The van der Waals surface area contributed by atoms with Crippen LogP contribution in [0.2, 0.25) is 0 Å². The summed E-state index contributed by atoms with van der Waals surface area (Å²) < 4.78 is 0. The molecule has 2 heteroatoms. The third kappa shape index (κ3) is 2.14. The molecule has 0 amide bonds. The first-order valence-electron chi connectivity index (χ1n) is 8.64. The van der Waals surface area contributed by atoms with E-state index in [1.54, 1.807) is 0 Å². The largest absolute Gasteiger partial charge is 0.250 e.